The molecule has 0 aliphatic carbocycles. The molecule has 0 rings (SSSR count). The second kappa shape index (κ2) is 51.5. The maximum Gasteiger partial charge on any atom is 0.445 e. The molecular formula is C53H135N21O2S+8. The lowest BCUT2D eigenvalue weighted by atomic mass is 10.3. The predicted octanol–water partition coefficient (Wildman–Crippen LogP) is -1.46. The molecule has 0 amide bonds. The summed E-state index contributed by atoms with van der Waals surface area (Å²) in [5.74, 6) is 5.86. The van der Waals surface area contributed by atoms with E-state index in [1.54, 1.807) is 7.11 Å². The lowest BCUT2D eigenvalue weighted by Gasteiger charge is -2.24. The van der Waals surface area contributed by atoms with Crippen LogP contribution in [0.3, 0.4) is 0 Å². The van der Waals surface area contributed by atoms with Crippen molar-refractivity contribution in [3.8, 4) is 0 Å². The molecule has 0 aromatic heterocycles. The van der Waals surface area contributed by atoms with Gasteiger partial charge in [0.15, 0.2) is 0 Å². The Hall–Kier alpha value is -5.29. The van der Waals surface area contributed by atoms with Crippen molar-refractivity contribution >= 4 is 58.8 Å². The molecule has 0 aromatic rings. The third-order valence-electron chi connectivity index (χ3n) is 9.00. The van der Waals surface area contributed by atoms with Gasteiger partial charge in [-0.25, -0.2) is 19.0 Å². The van der Waals surface area contributed by atoms with Crippen molar-refractivity contribution in [2.24, 2.45) is 11.5 Å². The summed E-state index contributed by atoms with van der Waals surface area (Å²) in [5, 5.41) is 9.14. The molecule has 0 aliphatic heterocycles. The number of ether oxygens (including phenoxy) is 2. The van der Waals surface area contributed by atoms with E-state index in [9.17, 15) is 0 Å². The highest BCUT2D eigenvalue weighted by Gasteiger charge is 2.21. The Bertz CT molecular complexity index is 1630. The van der Waals surface area contributed by atoms with E-state index in [-0.39, 0.29) is 5.96 Å². The molecule has 24 heteroatoms. The summed E-state index contributed by atoms with van der Waals surface area (Å²) in [6, 6.07) is 2.28. The summed E-state index contributed by atoms with van der Waals surface area (Å²) in [7, 11) is 66.7. The summed E-state index contributed by atoms with van der Waals surface area (Å²) in [4.78, 5) is 21.0. The van der Waals surface area contributed by atoms with Crippen LogP contribution in [0.2, 0.25) is 0 Å². The number of guanidine groups is 5. The average molecular weight is 1130 g/mol. The zero-order chi connectivity index (χ0) is 63.4. The first kappa shape index (κ1) is 88.3. The van der Waals surface area contributed by atoms with Gasteiger partial charge in [0.25, 0.3) is 0 Å². The number of methoxy groups -OCH3 is 1. The molecule has 23 nitrogen and oxygen atoms in total. The van der Waals surface area contributed by atoms with Gasteiger partial charge in [-0.15, -0.1) is 0 Å². The van der Waals surface area contributed by atoms with E-state index in [1.165, 1.54) is 29.5 Å². The fourth-order valence-corrected chi connectivity index (χ4v) is 7.97. The molecule has 0 saturated carbocycles. The second-order valence-corrected chi connectivity index (χ2v) is 21.9. The summed E-state index contributed by atoms with van der Waals surface area (Å²) >= 11 is 1.86. The van der Waals surface area contributed by atoms with Crippen LogP contribution in [0.4, 0.5) is 0 Å². The predicted molar refractivity (Wildman–Crippen MR) is 341 cm³/mol. The van der Waals surface area contributed by atoms with Gasteiger partial charge in [-0.3, -0.25) is 84.3 Å². The Balaban J connectivity index is -0.000000119. The van der Waals surface area contributed by atoms with Crippen LogP contribution < -0.4 is 22.2 Å². The first-order valence-electron chi connectivity index (χ1n) is 26.2. The van der Waals surface area contributed by atoms with E-state index in [1.807, 2.05) is 164 Å². The molecule has 0 atom stereocenters. The average Bonchev–Trinajstić information content (AvgIpc) is 3.23. The number of hydrogen-bond donors (Lipinski definition) is 4. The maximum absolute atomic E-state index is 5.33. The van der Waals surface area contributed by atoms with E-state index in [2.05, 4.69) is 218 Å². The summed E-state index contributed by atoms with van der Waals surface area (Å²) in [6.07, 6.45) is 1.18. The van der Waals surface area contributed by atoms with Gasteiger partial charge in [0, 0.05) is 5.75 Å². The zero-order valence-electron chi connectivity index (χ0n) is 58.2. The molecule has 462 valence electrons. The van der Waals surface area contributed by atoms with Crippen LogP contribution >= 0.6 is 11.8 Å². The molecule has 0 spiro atoms. The Labute approximate surface area is 481 Å². The van der Waals surface area contributed by atoms with Gasteiger partial charge < -0.3 is 9.47 Å². The first-order chi connectivity index (χ1) is 34.9. The van der Waals surface area contributed by atoms with Crippen molar-refractivity contribution in [2.75, 3.05) is 258 Å². The smallest absolute Gasteiger partial charge is 0.435 e. The SMILES string of the molecule is CC(C)N(C)C(N(C)C)=[N+](C)C.CCCN(C)C(N(C)C)=[N+](C)C.CCNC(N(C)C)=[N+](C)C.CCOC(N(C)C)=[N+](C)C.CCSC(N(C)C)=[N+](C)C.CN(C)C(N(C)C)=[N+](C)C.COC(N(C)C)=[N+](C)C.NC(N)=[NH2+]. The molecule has 0 saturated heterocycles. The van der Waals surface area contributed by atoms with Crippen LogP contribution in [0.15, 0.2) is 0 Å². The van der Waals surface area contributed by atoms with Crippen molar-refractivity contribution in [1.29, 1.82) is 0 Å². The highest BCUT2D eigenvalue weighted by atomic mass is 32.2. The maximum atomic E-state index is 5.33. The van der Waals surface area contributed by atoms with Crippen molar-refractivity contribution < 1.29 is 46.9 Å². The van der Waals surface area contributed by atoms with Gasteiger partial charge >= 0.3 is 47.0 Å². The zero-order valence-corrected chi connectivity index (χ0v) is 59.0. The highest BCUT2D eigenvalue weighted by molar-refractivity contribution is 8.13. The Kier molecular flexibility index (Phi) is 59.0. The minimum atomic E-state index is -0.0833. The summed E-state index contributed by atoms with van der Waals surface area (Å²) in [5.41, 5.74) is 9.17. The number of nitrogens with one attached hydrogen (secondary N) is 1. The number of amidine groups is 3. The molecule has 0 fully saturated rings. The van der Waals surface area contributed by atoms with Gasteiger partial charge in [-0.2, -0.15) is 0 Å². The molecule has 0 unspecified atom stereocenters. The van der Waals surface area contributed by atoms with Crippen LogP contribution in [-0.4, -0.2) is 392 Å². The number of thioether (sulfide) groups is 1. The van der Waals surface area contributed by atoms with Crippen molar-refractivity contribution in [1.82, 2.24) is 54.3 Å². The van der Waals surface area contributed by atoms with Crippen molar-refractivity contribution in [2.45, 2.75) is 54.0 Å². The van der Waals surface area contributed by atoms with Crippen LogP contribution in [-0.2, 0) is 9.47 Å². The van der Waals surface area contributed by atoms with E-state index >= 15 is 0 Å². The Morgan fingerprint density at radius 1 is 0.481 bits per heavy atom. The van der Waals surface area contributed by atoms with Gasteiger partial charge in [-0.05, 0) is 45.9 Å². The number of rotatable bonds is 6. The molecule has 0 bridgehead atoms. The van der Waals surface area contributed by atoms with E-state index in [0.29, 0.717) is 12.6 Å². The monoisotopic (exact) mass is 1130 g/mol. The fourth-order valence-electron chi connectivity index (χ4n) is 7.19. The van der Waals surface area contributed by atoms with E-state index < -0.39 is 0 Å². The Morgan fingerprint density at radius 2 is 0.831 bits per heavy atom. The lowest BCUT2D eigenvalue weighted by Crippen LogP contribution is -2.51. The molecule has 0 heterocycles. The topological polar surface area (TPSA) is 162 Å². The number of hydrogen-bond acceptors (Lipinski definition) is 3. The second-order valence-electron chi connectivity index (χ2n) is 20.7. The number of nitrogens with two attached hydrogens (primary N) is 3. The molecule has 7 N–H and O–H groups in total. The molecule has 77 heavy (non-hydrogen) atoms. The van der Waals surface area contributed by atoms with Crippen LogP contribution in [0.5, 0.6) is 0 Å². The Morgan fingerprint density at radius 3 is 0.922 bits per heavy atom. The first-order valence-corrected chi connectivity index (χ1v) is 27.2. The normalized spacial score (nSPS) is 9.04. The van der Waals surface area contributed by atoms with E-state index in [0.717, 1.165) is 36.8 Å². The third-order valence-corrected chi connectivity index (χ3v) is 10.3. The lowest BCUT2D eigenvalue weighted by molar-refractivity contribution is -0.480. The van der Waals surface area contributed by atoms with Crippen LogP contribution in [0.1, 0.15) is 48.0 Å². The molecule has 0 aromatic carbocycles. The molecule has 0 radical (unpaired) electrons. The molecular weight excluding hydrogens is 995 g/mol. The highest BCUT2D eigenvalue weighted by Crippen LogP contribution is 2.03. The van der Waals surface area contributed by atoms with Gasteiger partial charge in [0.05, 0.1) is 258 Å². The minimum Gasteiger partial charge on any atom is -0.435 e. The minimum absolute atomic E-state index is 0.0833. The third kappa shape index (κ3) is 51.2. The number of nitrogens with zero attached hydrogens (tertiary/aromatic N) is 17. The van der Waals surface area contributed by atoms with Crippen LogP contribution in [0, 0.1) is 0 Å². The largest absolute Gasteiger partial charge is 0.445 e. The van der Waals surface area contributed by atoms with Gasteiger partial charge in [0.1, 0.15) is 0 Å². The summed E-state index contributed by atoms with van der Waals surface area (Å²) in [6.45, 7) is 15.6. The quantitative estimate of drug-likeness (QED) is 0.139. The fraction of sp³-hybridized carbons (Fsp3) is 0.849. The molecule has 0 aliphatic rings. The van der Waals surface area contributed by atoms with E-state index in [4.69, 9.17) is 9.47 Å². The standard InChI is InChI=1S/2C9H22N3.C7H18N3.C7H17N3.C7H17N2O.C7H17N2S.C6H15N2O.CH5N3/c1-8(2)12(7)9(10(3)4)11(5)6;1-7-8-12(6)9(10(2)3)11(4)5;1-8(2)7(9(3)4)10(5)6;1-6-8-7(9(2)3)10(4)5;2*1-6-10-7(8(2)3)9(4)5;1-7(2)6(9-5)8(3)4;2-1(3)4/h8H,1-7H3;7-8H2,1-6H3;1-6H3;3*6H2,1-5H3;1-5H3;(H5,2,3,4)/q3*+1;;3*+1;/p+2. The van der Waals surface area contributed by atoms with Crippen molar-refractivity contribution in [3.63, 3.8) is 0 Å². The summed E-state index contributed by atoms with van der Waals surface area (Å²) < 4.78 is 24.8. The van der Waals surface area contributed by atoms with Crippen LogP contribution in [0.25, 0.3) is 0 Å². The van der Waals surface area contributed by atoms with Crippen molar-refractivity contribution in [3.05, 3.63) is 0 Å². The van der Waals surface area contributed by atoms with Gasteiger partial charge in [-0.1, -0.05) is 13.8 Å². The van der Waals surface area contributed by atoms with Gasteiger partial charge in [0.2, 0.25) is 0 Å².